The van der Waals surface area contributed by atoms with Crippen LogP contribution in [0.25, 0.3) is 0 Å². The Kier molecular flexibility index (Phi) is 5.36. The molecule has 0 aliphatic carbocycles. The number of ether oxygens (including phenoxy) is 1. The lowest BCUT2D eigenvalue weighted by Crippen LogP contribution is -2.37. The number of sulfonamides is 1. The van der Waals surface area contributed by atoms with E-state index in [4.69, 9.17) is 4.74 Å². The van der Waals surface area contributed by atoms with Crippen molar-refractivity contribution in [2.24, 2.45) is 0 Å². The summed E-state index contributed by atoms with van der Waals surface area (Å²) >= 11 is 0. The van der Waals surface area contributed by atoms with E-state index in [0.29, 0.717) is 18.8 Å². The average molecular weight is 429 g/mol. The monoisotopic (exact) mass is 428 g/mol. The first kappa shape index (κ1) is 20.9. The van der Waals surface area contributed by atoms with Gasteiger partial charge in [0.15, 0.2) is 0 Å². The van der Waals surface area contributed by atoms with Gasteiger partial charge in [-0.1, -0.05) is 39.0 Å². The summed E-state index contributed by atoms with van der Waals surface area (Å²) in [4.78, 5) is 14.7. The lowest BCUT2D eigenvalue weighted by atomic mass is 9.87. The van der Waals surface area contributed by atoms with Gasteiger partial charge in [-0.3, -0.25) is 9.52 Å². The first-order chi connectivity index (χ1) is 14.1. The van der Waals surface area contributed by atoms with Crippen molar-refractivity contribution in [1.82, 2.24) is 0 Å². The Hall–Kier alpha value is -2.38. The summed E-state index contributed by atoms with van der Waals surface area (Å²) in [6, 6.07) is 12.3. The van der Waals surface area contributed by atoms with Crippen molar-refractivity contribution in [2.45, 2.75) is 56.4 Å². The number of nitrogens with one attached hydrogen (secondary N) is 1. The van der Waals surface area contributed by atoms with E-state index in [0.717, 1.165) is 36.1 Å². The van der Waals surface area contributed by atoms with Crippen LogP contribution in [0.5, 0.6) is 0 Å². The Morgan fingerprint density at radius 2 is 1.87 bits per heavy atom. The van der Waals surface area contributed by atoms with Gasteiger partial charge in [-0.2, -0.15) is 0 Å². The Labute approximate surface area is 178 Å². The standard InChI is InChI=1S/C23H28N2O4S/c1-23(2,3)17-7-10-19(11-8-17)30(27,28)24-18-9-6-16-12-13-25(20(16)15-18)22(26)21-5-4-14-29-21/h6-11,15,21,24H,4-5,12-14H2,1-3H3. The molecule has 4 rings (SSSR count). The number of benzene rings is 2. The van der Waals surface area contributed by atoms with E-state index in [2.05, 4.69) is 25.5 Å². The molecule has 2 aliphatic rings. The minimum Gasteiger partial charge on any atom is -0.368 e. The van der Waals surface area contributed by atoms with Crippen LogP contribution in [0.2, 0.25) is 0 Å². The van der Waals surface area contributed by atoms with Crippen molar-refractivity contribution >= 4 is 27.3 Å². The summed E-state index contributed by atoms with van der Waals surface area (Å²) in [7, 11) is -3.72. The molecule has 2 aromatic rings. The highest BCUT2D eigenvalue weighted by molar-refractivity contribution is 7.92. The number of fused-ring (bicyclic) bond motifs is 1. The van der Waals surface area contributed by atoms with Gasteiger partial charge in [0.2, 0.25) is 0 Å². The Balaban J connectivity index is 1.55. The molecule has 1 fully saturated rings. The number of carbonyl (C=O) groups excluding carboxylic acids is 1. The van der Waals surface area contributed by atoms with Crippen LogP contribution < -0.4 is 9.62 Å². The van der Waals surface area contributed by atoms with Gasteiger partial charge >= 0.3 is 0 Å². The molecule has 160 valence electrons. The number of carbonyl (C=O) groups is 1. The maximum atomic E-state index is 12.9. The summed E-state index contributed by atoms with van der Waals surface area (Å²) in [6.07, 6.45) is 2.00. The van der Waals surface area contributed by atoms with Crippen LogP contribution in [0.4, 0.5) is 11.4 Å². The van der Waals surface area contributed by atoms with Crippen LogP contribution in [0.15, 0.2) is 47.4 Å². The van der Waals surface area contributed by atoms with E-state index in [1.165, 1.54) is 0 Å². The predicted molar refractivity (Wildman–Crippen MR) is 117 cm³/mol. The second-order valence-electron chi connectivity index (χ2n) is 8.96. The zero-order valence-electron chi connectivity index (χ0n) is 17.6. The molecule has 1 saturated heterocycles. The molecule has 0 saturated carbocycles. The topological polar surface area (TPSA) is 75.7 Å². The lowest BCUT2D eigenvalue weighted by Gasteiger charge is -2.21. The van der Waals surface area contributed by atoms with Crippen LogP contribution in [-0.4, -0.2) is 33.6 Å². The molecule has 30 heavy (non-hydrogen) atoms. The fraction of sp³-hybridized carbons (Fsp3) is 0.435. The largest absolute Gasteiger partial charge is 0.368 e. The van der Waals surface area contributed by atoms with Crippen molar-refractivity contribution < 1.29 is 17.9 Å². The van der Waals surface area contributed by atoms with Crippen LogP contribution in [0.1, 0.15) is 44.7 Å². The van der Waals surface area contributed by atoms with Gasteiger partial charge in [0.05, 0.1) is 10.6 Å². The minimum atomic E-state index is -3.72. The first-order valence-corrected chi connectivity index (χ1v) is 11.8. The van der Waals surface area contributed by atoms with E-state index in [-0.39, 0.29) is 16.2 Å². The zero-order chi connectivity index (χ0) is 21.5. The van der Waals surface area contributed by atoms with Gasteiger partial charge in [-0.15, -0.1) is 0 Å². The molecule has 0 spiro atoms. The number of anilines is 2. The first-order valence-electron chi connectivity index (χ1n) is 10.3. The van der Waals surface area contributed by atoms with Crippen molar-refractivity contribution in [3.05, 3.63) is 53.6 Å². The quantitative estimate of drug-likeness (QED) is 0.803. The Morgan fingerprint density at radius 3 is 2.50 bits per heavy atom. The van der Waals surface area contributed by atoms with Gasteiger partial charge < -0.3 is 9.64 Å². The molecule has 7 heteroatoms. The third-order valence-electron chi connectivity index (χ3n) is 5.73. The summed E-state index contributed by atoms with van der Waals surface area (Å²) in [5, 5.41) is 0. The summed E-state index contributed by atoms with van der Waals surface area (Å²) in [5.74, 6) is -0.0379. The van der Waals surface area contributed by atoms with Crippen molar-refractivity contribution in [1.29, 1.82) is 0 Å². The molecule has 0 radical (unpaired) electrons. The Morgan fingerprint density at radius 1 is 1.13 bits per heavy atom. The van der Waals surface area contributed by atoms with E-state index >= 15 is 0 Å². The average Bonchev–Trinajstić information content (AvgIpc) is 3.36. The molecule has 1 amide bonds. The molecular formula is C23H28N2O4S. The van der Waals surface area contributed by atoms with Gasteiger partial charge in [-0.25, -0.2) is 8.42 Å². The molecule has 2 heterocycles. The summed E-state index contributed by atoms with van der Waals surface area (Å²) in [6.45, 7) is 7.47. The SMILES string of the molecule is CC(C)(C)c1ccc(S(=O)(=O)Nc2ccc3c(c2)N(C(=O)C2CCCO2)CC3)cc1. The summed E-state index contributed by atoms with van der Waals surface area (Å²) in [5.41, 5.74) is 3.27. The highest BCUT2D eigenvalue weighted by Crippen LogP contribution is 2.33. The molecule has 2 aliphatic heterocycles. The minimum absolute atomic E-state index is 0.0379. The predicted octanol–water partition coefficient (Wildman–Crippen LogP) is 3.85. The van der Waals surface area contributed by atoms with Gasteiger partial charge in [0.1, 0.15) is 6.10 Å². The van der Waals surface area contributed by atoms with Crippen LogP contribution in [0, 0.1) is 0 Å². The normalized spacial score (nSPS) is 19.0. The molecule has 6 nitrogen and oxygen atoms in total. The second kappa shape index (κ2) is 7.71. The van der Waals surface area contributed by atoms with E-state index < -0.39 is 16.1 Å². The summed E-state index contributed by atoms with van der Waals surface area (Å²) < 4.78 is 33.9. The number of rotatable bonds is 4. The number of hydrogen-bond acceptors (Lipinski definition) is 4. The van der Waals surface area contributed by atoms with Crippen LogP contribution >= 0.6 is 0 Å². The molecule has 2 aromatic carbocycles. The molecule has 1 unspecified atom stereocenters. The fourth-order valence-corrected chi connectivity index (χ4v) is 5.02. The second-order valence-corrected chi connectivity index (χ2v) is 10.6. The van der Waals surface area contributed by atoms with E-state index in [1.54, 1.807) is 29.2 Å². The number of hydrogen-bond donors (Lipinski definition) is 1. The maximum absolute atomic E-state index is 12.9. The highest BCUT2D eigenvalue weighted by Gasteiger charge is 2.33. The fourth-order valence-electron chi connectivity index (χ4n) is 3.97. The maximum Gasteiger partial charge on any atom is 0.261 e. The van der Waals surface area contributed by atoms with E-state index in [1.807, 2.05) is 18.2 Å². The van der Waals surface area contributed by atoms with Crippen molar-refractivity contribution in [3.8, 4) is 0 Å². The molecule has 1 atom stereocenters. The number of nitrogens with zero attached hydrogens (tertiary/aromatic N) is 1. The van der Waals surface area contributed by atoms with Gasteiger partial charge in [-0.05, 0) is 60.1 Å². The van der Waals surface area contributed by atoms with Crippen molar-refractivity contribution in [2.75, 3.05) is 22.8 Å². The highest BCUT2D eigenvalue weighted by atomic mass is 32.2. The van der Waals surface area contributed by atoms with Gasteiger partial charge in [0, 0.05) is 18.8 Å². The third kappa shape index (κ3) is 4.09. The lowest BCUT2D eigenvalue weighted by molar-refractivity contribution is -0.127. The molecule has 1 N–H and O–H groups in total. The van der Waals surface area contributed by atoms with E-state index in [9.17, 15) is 13.2 Å². The van der Waals surface area contributed by atoms with Crippen LogP contribution in [-0.2, 0) is 31.4 Å². The molecule has 0 aromatic heterocycles. The Bertz CT molecular complexity index is 1050. The number of amides is 1. The van der Waals surface area contributed by atoms with Crippen molar-refractivity contribution in [3.63, 3.8) is 0 Å². The van der Waals surface area contributed by atoms with Crippen LogP contribution in [0.3, 0.4) is 0 Å². The smallest absolute Gasteiger partial charge is 0.261 e. The van der Waals surface area contributed by atoms with Gasteiger partial charge in [0.25, 0.3) is 15.9 Å². The third-order valence-corrected chi connectivity index (χ3v) is 7.13. The molecular weight excluding hydrogens is 400 g/mol. The molecule has 0 bridgehead atoms. The zero-order valence-corrected chi connectivity index (χ0v) is 18.5.